The summed E-state index contributed by atoms with van der Waals surface area (Å²) in [7, 11) is 0. The van der Waals surface area contributed by atoms with Gasteiger partial charge in [-0.2, -0.15) is 4.98 Å². The summed E-state index contributed by atoms with van der Waals surface area (Å²) in [6.45, 7) is 1.45. The molecule has 1 atom stereocenters. The molecule has 1 aliphatic rings. The Morgan fingerprint density at radius 2 is 1.86 bits per heavy atom. The van der Waals surface area contributed by atoms with E-state index in [1.165, 1.54) is 0 Å². The van der Waals surface area contributed by atoms with Crippen LogP contribution in [0.4, 0.5) is 6.01 Å². The molecule has 5 rings (SSSR count). The van der Waals surface area contributed by atoms with E-state index in [-0.39, 0.29) is 11.9 Å². The van der Waals surface area contributed by atoms with Gasteiger partial charge in [0.25, 0.3) is 11.9 Å². The molecule has 2 aromatic carbocycles. The van der Waals surface area contributed by atoms with Gasteiger partial charge in [-0.1, -0.05) is 12.1 Å². The van der Waals surface area contributed by atoms with Crippen molar-refractivity contribution in [2.24, 2.45) is 0 Å². The van der Waals surface area contributed by atoms with Crippen molar-refractivity contribution in [3.8, 4) is 5.69 Å². The van der Waals surface area contributed by atoms with E-state index in [0.29, 0.717) is 18.1 Å². The fourth-order valence-electron chi connectivity index (χ4n) is 3.89. The molecule has 1 N–H and O–H groups in total. The number of rotatable bonds is 5. The summed E-state index contributed by atoms with van der Waals surface area (Å²) in [6, 6.07) is 20.2. The number of carbonyl (C=O) groups is 1. The lowest BCUT2D eigenvalue weighted by atomic mass is 10.1. The van der Waals surface area contributed by atoms with E-state index >= 15 is 0 Å². The highest BCUT2D eigenvalue weighted by atomic mass is 16.4. The lowest BCUT2D eigenvalue weighted by Gasteiger charge is -2.23. The van der Waals surface area contributed by atoms with Crippen LogP contribution in [0.3, 0.4) is 0 Å². The Morgan fingerprint density at radius 3 is 2.66 bits per heavy atom. The molecule has 1 fully saturated rings. The minimum Gasteiger partial charge on any atom is -0.423 e. The number of nitrogens with one attached hydrogen (secondary N) is 1. The maximum absolute atomic E-state index is 12.6. The van der Waals surface area contributed by atoms with Crippen LogP contribution in [0.5, 0.6) is 0 Å². The molecule has 0 bridgehead atoms. The van der Waals surface area contributed by atoms with Gasteiger partial charge in [-0.05, 0) is 61.4 Å². The molecule has 29 heavy (non-hydrogen) atoms. The number of amides is 1. The van der Waals surface area contributed by atoms with E-state index in [0.717, 1.165) is 36.2 Å². The van der Waals surface area contributed by atoms with Crippen LogP contribution in [0.25, 0.3) is 16.8 Å². The molecule has 6 heteroatoms. The molecule has 1 aliphatic heterocycles. The second-order valence-electron chi connectivity index (χ2n) is 7.30. The van der Waals surface area contributed by atoms with Gasteiger partial charge in [-0.25, -0.2) is 0 Å². The molecular weight excluding hydrogens is 364 g/mol. The Kier molecular flexibility index (Phi) is 4.52. The summed E-state index contributed by atoms with van der Waals surface area (Å²) in [5.74, 6) is -0.0616. The molecule has 6 nitrogen and oxygen atoms in total. The summed E-state index contributed by atoms with van der Waals surface area (Å²) in [4.78, 5) is 19.4. The monoisotopic (exact) mass is 386 g/mol. The Labute approximate surface area is 168 Å². The van der Waals surface area contributed by atoms with Crippen molar-refractivity contribution in [1.29, 1.82) is 0 Å². The number of nitrogens with zero attached hydrogens (tertiary/aromatic N) is 3. The number of oxazole rings is 1. The molecule has 0 saturated carbocycles. The summed E-state index contributed by atoms with van der Waals surface area (Å²) >= 11 is 0. The van der Waals surface area contributed by atoms with E-state index < -0.39 is 0 Å². The van der Waals surface area contributed by atoms with E-state index in [1.54, 1.807) is 0 Å². The smallest absolute Gasteiger partial charge is 0.298 e. The predicted molar refractivity (Wildman–Crippen MR) is 112 cm³/mol. The Hall–Kier alpha value is -3.54. The average Bonchev–Trinajstić information content (AvgIpc) is 3.52. The first-order valence-corrected chi connectivity index (χ1v) is 9.92. The fourth-order valence-corrected chi connectivity index (χ4v) is 3.89. The lowest BCUT2D eigenvalue weighted by molar-refractivity contribution is 0.0951. The molecule has 2 aromatic heterocycles. The normalized spacial score (nSPS) is 16.4. The quantitative estimate of drug-likeness (QED) is 0.563. The minimum absolute atomic E-state index is 0.0616. The van der Waals surface area contributed by atoms with E-state index in [9.17, 15) is 4.79 Å². The first-order chi connectivity index (χ1) is 14.3. The second kappa shape index (κ2) is 7.47. The molecule has 1 amide bonds. The number of anilines is 1. The Balaban J connectivity index is 1.24. The number of aromatic nitrogens is 2. The van der Waals surface area contributed by atoms with Crippen molar-refractivity contribution in [1.82, 2.24) is 14.9 Å². The fraction of sp³-hybridized carbons (Fsp3) is 0.217. The summed E-state index contributed by atoms with van der Waals surface area (Å²) in [6.07, 6.45) is 6.03. The zero-order chi connectivity index (χ0) is 19.6. The second-order valence-corrected chi connectivity index (χ2v) is 7.30. The molecule has 0 aliphatic carbocycles. The number of hydrogen-bond donors (Lipinski definition) is 1. The highest BCUT2D eigenvalue weighted by Crippen LogP contribution is 2.28. The topological polar surface area (TPSA) is 63.3 Å². The van der Waals surface area contributed by atoms with Crippen LogP contribution in [0, 0.1) is 0 Å². The molecular formula is C23H22N4O2. The van der Waals surface area contributed by atoms with Gasteiger partial charge in [0.1, 0.15) is 5.52 Å². The van der Waals surface area contributed by atoms with Gasteiger partial charge in [0, 0.05) is 36.7 Å². The third kappa shape index (κ3) is 3.49. The first kappa shape index (κ1) is 17.6. The zero-order valence-corrected chi connectivity index (χ0v) is 16.0. The van der Waals surface area contributed by atoms with Crippen molar-refractivity contribution >= 4 is 23.0 Å². The van der Waals surface area contributed by atoms with Crippen molar-refractivity contribution in [3.63, 3.8) is 0 Å². The van der Waals surface area contributed by atoms with Crippen LogP contribution in [0.2, 0.25) is 0 Å². The van der Waals surface area contributed by atoms with E-state index in [4.69, 9.17) is 4.42 Å². The zero-order valence-electron chi connectivity index (χ0n) is 16.0. The molecule has 0 radical (unpaired) electrons. The molecule has 1 saturated heterocycles. The highest BCUT2D eigenvalue weighted by molar-refractivity contribution is 5.94. The minimum atomic E-state index is -0.0616. The molecule has 0 spiro atoms. The lowest BCUT2D eigenvalue weighted by Crippen LogP contribution is -2.40. The predicted octanol–water partition coefficient (Wildman–Crippen LogP) is 4.02. The largest absolute Gasteiger partial charge is 0.423 e. The van der Waals surface area contributed by atoms with Crippen LogP contribution in [0.1, 0.15) is 23.2 Å². The van der Waals surface area contributed by atoms with E-state index in [2.05, 4.69) is 15.2 Å². The van der Waals surface area contributed by atoms with Crippen molar-refractivity contribution in [2.75, 3.05) is 18.0 Å². The number of hydrogen-bond acceptors (Lipinski definition) is 4. The molecule has 4 aromatic rings. The SMILES string of the molecule is O=C(NC[C@H]1CCCN1c1nc2ccccc2o1)c1ccc(-n2cccc2)cc1. The molecule has 3 heterocycles. The van der Waals surface area contributed by atoms with Crippen molar-refractivity contribution < 1.29 is 9.21 Å². The Morgan fingerprint density at radius 1 is 1.07 bits per heavy atom. The summed E-state index contributed by atoms with van der Waals surface area (Å²) in [5, 5.41) is 3.07. The number of para-hydroxylation sites is 2. The molecule has 146 valence electrons. The van der Waals surface area contributed by atoms with Crippen LogP contribution >= 0.6 is 0 Å². The van der Waals surface area contributed by atoms with Gasteiger partial charge in [0.05, 0.1) is 6.04 Å². The summed E-state index contributed by atoms with van der Waals surface area (Å²) < 4.78 is 7.93. The van der Waals surface area contributed by atoms with Gasteiger partial charge >= 0.3 is 0 Å². The third-order valence-electron chi connectivity index (χ3n) is 5.44. The van der Waals surface area contributed by atoms with Crippen molar-refractivity contribution in [3.05, 3.63) is 78.6 Å². The molecule has 0 unspecified atom stereocenters. The Bertz CT molecular complexity index is 1080. The van der Waals surface area contributed by atoms with Gasteiger partial charge in [0.15, 0.2) is 5.58 Å². The number of benzene rings is 2. The highest BCUT2D eigenvalue weighted by Gasteiger charge is 2.28. The van der Waals surface area contributed by atoms with Gasteiger partial charge in [-0.15, -0.1) is 0 Å². The van der Waals surface area contributed by atoms with Gasteiger partial charge < -0.3 is 19.2 Å². The standard InChI is InChI=1S/C23H22N4O2/c28-22(17-9-11-18(12-10-17)26-13-3-4-14-26)24-16-19-6-5-15-27(19)23-25-20-7-1-2-8-21(20)29-23/h1-4,7-14,19H,5-6,15-16H2,(H,24,28)/t19-/m1/s1. The number of carbonyl (C=O) groups excluding carboxylic acids is 1. The van der Waals surface area contributed by atoms with Crippen LogP contribution < -0.4 is 10.2 Å². The van der Waals surface area contributed by atoms with Crippen LogP contribution in [-0.2, 0) is 0 Å². The van der Waals surface area contributed by atoms with Crippen LogP contribution in [-0.4, -0.2) is 34.6 Å². The third-order valence-corrected chi connectivity index (χ3v) is 5.44. The number of fused-ring (bicyclic) bond motifs is 1. The first-order valence-electron chi connectivity index (χ1n) is 9.92. The summed E-state index contributed by atoms with van der Waals surface area (Å²) in [5.41, 5.74) is 3.34. The van der Waals surface area contributed by atoms with E-state index in [1.807, 2.05) is 77.6 Å². The van der Waals surface area contributed by atoms with Crippen LogP contribution in [0.15, 0.2) is 77.5 Å². The van der Waals surface area contributed by atoms with Crippen molar-refractivity contribution in [2.45, 2.75) is 18.9 Å². The maximum Gasteiger partial charge on any atom is 0.298 e. The van der Waals surface area contributed by atoms with Gasteiger partial charge in [0.2, 0.25) is 0 Å². The van der Waals surface area contributed by atoms with Gasteiger partial charge in [-0.3, -0.25) is 4.79 Å². The average molecular weight is 386 g/mol. The maximum atomic E-state index is 12.6.